The highest BCUT2D eigenvalue weighted by Gasteiger charge is 2.27. The van der Waals surface area contributed by atoms with Gasteiger partial charge >= 0.3 is 6.09 Å². The number of benzene rings is 1. The van der Waals surface area contributed by atoms with Gasteiger partial charge in [0.25, 0.3) is 0 Å². The molecule has 0 aromatic heterocycles. The molecule has 5 nitrogen and oxygen atoms in total. The van der Waals surface area contributed by atoms with E-state index in [-0.39, 0.29) is 19.1 Å². The molecule has 0 unspecified atom stereocenters. The van der Waals surface area contributed by atoms with Gasteiger partial charge in [-0.05, 0) is 12.5 Å². The van der Waals surface area contributed by atoms with Gasteiger partial charge in [-0.3, -0.25) is 9.69 Å². The maximum absolute atomic E-state index is 12.0. The van der Waals surface area contributed by atoms with Crippen LogP contribution in [0.4, 0.5) is 4.79 Å². The summed E-state index contributed by atoms with van der Waals surface area (Å²) in [7, 11) is 0. The van der Waals surface area contributed by atoms with E-state index in [0.29, 0.717) is 19.6 Å². The van der Waals surface area contributed by atoms with Crippen molar-refractivity contribution in [2.24, 2.45) is 0 Å². The molecule has 0 aliphatic carbocycles. The van der Waals surface area contributed by atoms with Crippen molar-refractivity contribution < 1.29 is 14.3 Å². The Morgan fingerprint density at radius 1 is 1.29 bits per heavy atom. The minimum absolute atomic E-state index is 0.0686. The van der Waals surface area contributed by atoms with E-state index < -0.39 is 6.09 Å². The van der Waals surface area contributed by atoms with Crippen LogP contribution in [0.3, 0.4) is 0 Å². The SMILES string of the molecule is C=C(C)CN1CCN(C(=O)OCc2ccccc2)CC1=O. The summed E-state index contributed by atoms with van der Waals surface area (Å²) in [5.74, 6) is -0.0686. The van der Waals surface area contributed by atoms with Crippen molar-refractivity contribution in [3.63, 3.8) is 0 Å². The van der Waals surface area contributed by atoms with Crippen molar-refractivity contribution in [2.75, 3.05) is 26.2 Å². The monoisotopic (exact) mass is 288 g/mol. The van der Waals surface area contributed by atoms with Crippen molar-refractivity contribution >= 4 is 12.0 Å². The van der Waals surface area contributed by atoms with Gasteiger partial charge in [-0.1, -0.05) is 42.5 Å². The zero-order valence-corrected chi connectivity index (χ0v) is 12.2. The summed E-state index contributed by atoms with van der Waals surface area (Å²) < 4.78 is 5.23. The van der Waals surface area contributed by atoms with Gasteiger partial charge in [-0.25, -0.2) is 4.79 Å². The van der Waals surface area contributed by atoms with Crippen molar-refractivity contribution in [2.45, 2.75) is 13.5 Å². The highest BCUT2D eigenvalue weighted by Crippen LogP contribution is 2.09. The van der Waals surface area contributed by atoms with E-state index in [9.17, 15) is 9.59 Å². The van der Waals surface area contributed by atoms with Crippen molar-refractivity contribution in [1.29, 1.82) is 0 Å². The lowest BCUT2D eigenvalue weighted by molar-refractivity contribution is -0.134. The number of ether oxygens (including phenoxy) is 1. The molecule has 1 fully saturated rings. The van der Waals surface area contributed by atoms with E-state index in [1.807, 2.05) is 37.3 Å². The van der Waals surface area contributed by atoms with Gasteiger partial charge in [0, 0.05) is 19.6 Å². The fourth-order valence-corrected chi connectivity index (χ4v) is 2.17. The molecule has 0 bridgehead atoms. The Balaban J connectivity index is 1.82. The Hall–Kier alpha value is -2.30. The van der Waals surface area contributed by atoms with Crippen LogP contribution in [0.1, 0.15) is 12.5 Å². The standard InChI is InChI=1S/C16H20N2O3/c1-13(2)10-17-8-9-18(11-15(17)19)16(20)21-12-14-6-4-3-5-7-14/h3-7H,1,8-12H2,2H3. The van der Waals surface area contributed by atoms with Crippen LogP contribution < -0.4 is 0 Å². The number of carbonyl (C=O) groups is 2. The van der Waals surface area contributed by atoms with Crippen molar-refractivity contribution in [3.05, 3.63) is 48.0 Å². The fourth-order valence-electron chi connectivity index (χ4n) is 2.17. The first-order valence-corrected chi connectivity index (χ1v) is 6.94. The molecule has 0 atom stereocenters. The van der Waals surface area contributed by atoms with Crippen LogP contribution in [0.25, 0.3) is 0 Å². The summed E-state index contributed by atoms with van der Waals surface area (Å²) in [6.45, 7) is 7.54. The highest BCUT2D eigenvalue weighted by molar-refractivity contribution is 5.83. The molecule has 1 heterocycles. The molecule has 1 saturated heterocycles. The van der Waals surface area contributed by atoms with Gasteiger partial charge in [0.05, 0.1) is 0 Å². The minimum Gasteiger partial charge on any atom is -0.445 e. The quantitative estimate of drug-likeness (QED) is 0.797. The van der Waals surface area contributed by atoms with Crippen LogP contribution >= 0.6 is 0 Å². The van der Waals surface area contributed by atoms with E-state index in [1.165, 1.54) is 4.90 Å². The third-order valence-electron chi connectivity index (χ3n) is 3.24. The maximum Gasteiger partial charge on any atom is 0.410 e. The van der Waals surface area contributed by atoms with Gasteiger partial charge < -0.3 is 9.64 Å². The normalized spacial score (nSPS) is 15.0. The Labute approximate surface area is 124 Å². The minimum atomic E-state index is -0.442. The molecule has 0 spiro atoms. The van der Waals surface area contributed by atoms with E-state index in [2.05, 4.69) is 6.58 Å². The largest absolute Gasteiger partial charge is 0.445 e. The molecule has 112 valence electrons. The summed E-state index contributed by atoms with van der Waals surface area (Å²) in [6, 6.07) is 9.48. The number of hydrogen-bond acceptors (Lipinski definition) is 3. The molecule has 0 N–H and O–H groups in total. The Morgan fingerprint density at radius 2 is 2.00 bits per heavy atom. The molecular formula is C16H20N2O3. The lowest BCUT2D eigenvalue weighted by atomic mass is 10.2. The molecule has 1 aromatic rings. The zero-order valence-electron chi connectivity index (χ0n) is 12.2. The Bertz CT molecular complexity index is 528. The summed E-state index contributed by atoms with van der Waals surface area (Å²) in [6.07, 6.45) is -0.442. The smallest absolute Gasteiger partial charge is 0.410 e. The predicted molar refractivity (Wildman–Crippen MR) is 79.6 cm³/mol. The van der Waals surface area contributed by atoms with E-state index in [0.717, 1.165) is 11.1 Å². The summed E-state index contributed by atoms with van der Waals surface area (Å²) in [5.41, 5.74) is 1.86. The first-order valence-electron chi connectivity index (χ1n) is 6.94. The van der Waals surface area contributed by atoms with Crippen LogP contribution in [0, 0.1) is 0 Å². The number of piperazine rings is 1. The van der Waals surface area contributed by atoms with E-state index >= 15 is 0 Å². The average molecular weight is 288 g/mol. The molecule has 1 aliphatic rings. The van der Waals surface area contributed by atoms with Crippen LogP contribution in [0.15, 0.2) is 42.5 Å². The summed E-state index contributed by atoms with van der Waals surface area (Å²) >= 11 is 0. The van der Waals surface area contributed by atoms with Crippen molar-refractivity contribution in [1.82, 2.24) is 9.80 Å². The Kier molecular flexibility index (Phi) is 4.98. The second kappa shape index (κ2) is 6.92. The molecule has 0 saturated carbocycles. The van der Waals surface area contributed by atoms with Crippen LogP contribution in [-0.2, 0) is 16.1 Å². The number of carbonyl (C=O) groups excluding carboxylic acids is 2. The fraction of sp³-hybridized carbons (Fsp3) is 0.375. The molecule has 2 rings (SSSR count). The lowest BCUT2D eigenvalue weighted by Crippen LogP contribution is -2.52. The Morgan fingerprint density at radius 3 is 2.62 bits per heavy atom. The predicted octanol–water partition coefficient (Wildman–Crippen LogP) is 2.04. The zero-order chi connectivity index (χ0) is 15.2. The second-order valence-electron chi connectivity index (χ2n) is 5.23. The summed E-state index contributed by atoms with van der Waals surface area (Å²) in [4.78, 5) is 27.1. The first kappa shape index (κ1) is 15.1. The molecule has 1 aliphatic heterocycles. The van der Waals surface area contributed by atoms with E-state index in [4.69, 9.17) is 4.74 Å². The molecule has 2 amide bonds. The molecule has 21 heavy (non-hydrogen) atoms. The lowest BCUT2D eigenvalue weighted by Gasteiger charge is -2.33. The highest BCUT2D eigenvalue weighted by atomic mass is 16.6. The molecule has 1 aromatic carbocycles. The summed E-state index contributed by atoms with van der Waals surface area (Å²) in [5, 5.41) is 0. The van der Waals surface area contributed by atoms with E-state index in [1.54, 1.807) is 4.90 Å². The van der Waals surface area contributed by atoms with Gasteiger partial charge in [0.15, 0.2) is 0 Å². The number of nitrogens with zero attached hydrogens (tertiary/aromatic N) is 2. The van der Waals surface area contributed by atoms with Crippen LogP contribution in [-0.4, -0.2) is 48.0 Å². The molecular weight excluding hydrogens is 268 g/mol. The van der Waals surface area contributed by atoms with Gasteiger partial charge in [-0.2, -0.15) is 0 Å². The third kappa shape index (κ3) is 4.34. The van der Waals surface area contributed by atoms with Gasteiger partial charge in [0.1, 0.15) is 13.2 Å². The average Bonchev–Trinajstić information content (AvgIpc) is 2.47. The van der Waals surface area contributed by atoms with Crippen LogP contribution in [0.5, 0.6) is 0 Å². The maximum atomic E-state index is 12.0. The number of hydrogen-bond donors (Lipinski definition) is 0. The molecule has 5 heteroatoms. The topological polar surface area (TPSA) is 49.9 Å². The van der Waals surface area contributed by atoms with Gasteiger partial charge in [0.2, 0.25) is 5.91 Å². The van der Waals surface area contributed by atoms with Gasteiger partial charge in [-0.15, -0.1) is 0 Å². The number of rotatable bonds is 4. The third-order valence-corrected chi connectivity index (χ3v) is 3.24. The molecule has 0 radical (unpaired) electrons. The van der Waals surface area contributed by atoms with Crippen LogP contribution in [0.2, 0.25) is 0 Å². The van der Waals surface area contributed by atoms with Crippen molar-refractivity contribution in [3.8, 4) is 0 Å². The second-order valence-corrected chi connectivity index (χ2v) is 5.23. The number of amides is 2. The first-order chi connectivity index (χ1) is 10.1.